The molecule has 1 aromatic rings. The van der Waals surface area contributed by atoms with Crippen molar-refractivity contribution in [3.8, 4) is 6.07 Å². The maximum absolute atomic E-state index is 12.8. The van der Waals surface area contributed by atoms with Crippen LogP contribution >= 0.6 is 11.6 Å². The van der Waals surface area contributed by atoms with Crippen molar-refractivity contribution in [3.05, 3.63) is 29.0 Å². The number of benzene rings is 1. The van der Waals surface area contributed by atoms with Gasteiger partial charge in [0.2, 0.25) is 0 Å². The van der Waals surface area contributed by atoms with Crippen molar-refractivity contribution in [2.24, 2.45) is 5.92 Å². The number of nitrogens with one attached hydrogen (secondary N) is 1. The van der Waals surface area contributed by atoms with Gasteiger partial charge in [0.25, 0.3) is 0 Å². The van der Waals surface area contributed by atoms with E-state index in [9.17, 15) is 4.39 Å². The third-order valence-electron chi connectivity index (χ3n) is 2.95. The third kappa shape index (κ3) is 2.28. The molecular weight excluding hydrogens is 227 g/mol. The van der Waals surface area contributed by atoms with Crippen molar-refractivity contribution in [2.45, 2.75) is 25.3 Å². The average molecular weight is 239 g/mol. The second-order valence-corrected chi connectivity index (χ2v) is 4.45. The van der Waals surface area contributed by atoms with Crippen LogP contribution in [0, 0.1) is 23.1 Å². The van der Waals surface area contributed by atoms with E-state index in [0.29, 0.717) is 10.7 Å². The molecule has 0 heterocycles. The van der Waals surface area contributed by atoms with E-state index in [1.54, 1.807) is 6.07 Å². The summed E-state index contributed by atoms with van der Waals surface area (Å²) in [7, 11) is 0. The van der Waals surface area contributed by atoms with Gasteiger partial charge in [0, 0.05) is 6.04 Å². The van der Waals surface area contributed by atoms with E-state index in [2.05, 4.69) is 11.4 Å². The summed E-state index contributed by atoms with van der Waals surface area (Å²) in [5.41, 5.74) is 0.704. The highest BCUT2D eigenvalue weighted by Gasteiger charge is 2.27. The second kappa shape index (κ2) is 4.71. The van der Waals surface area contributed by atoms with Crippen molar-refractivity contribution in [1.82, 2.24) is 0 Å². The zero-order valence-corrected chi connectivity index (χ0v) is 9.47. The number of anilines is 1. The van der Waals surface area contributed by atoms with Gasteiger partial charge in [0.1, 0.15) is 5.82 Å². The third-order valence-corrected chi connectivity index (χ3v) is 3.27. The number of halogens is 2. The van der Waals surface area contributed by atoms with E-state index < -0.39 is 0 Å². The number of hydrogen-bond donors (Lipinski definition) is 1. The minimum absolute atomic E-state index is 0.0288. The number of hydrogen-bond acceptors (Lipinski definition) is 2. The SMILES string of the molecule is N#CC1CCCC1Nc1ccc(F)cc1Cl. The Labute approximate surface area is 99.0 Å². The molecular formula is C12H12ClFN2. The Morgan fingerprint density at radius 2 is 2.25 bits per heavy atom. The van der Waals surface area contributed by atoms with Crippen LogP contribution in [0.3, 0.4) is 0 Å². The molecule has 1 aliphatic rings. The van der Waals surface area contributed by atoms with Crippen LogP contribution in [-0.4, -0.2) is 6.04 Å². The van der Waals surface area contributed by atoms with Gasteiger partial charge in [0.15, 0.2) is 0 Å². The van der Waals surface area contributed by atoms with Crippen LogP contribution in [0.25, 0.3) is 0 Å². The smallest absolute Gasteiger partial charge is 0.124 e. The molecule has 2 rings (SSSR count). The summed E-state index contributed by atoms with van der Waals surface area (Å²) in [6.07, 6.45) is 2.94. The van der Waals surface area contributed by atoms with Crippen LogP contribution in [0.2, 0.25) is 5.02 Å². The van der Waals surface area contributed by atoms with Gasteiger partial charge in [-0.15, -0.1) is 0 Å². The summed E-state index contributed by atoms with van der Waals surface area (Å²) in [5.74, 6) is -0.320. The van der Waals surface area contributed by atoms with Crippen molar-refractivity contribution >= 4 is 17.3 Å². The molecule has 2 unspecified atom stereocenters. The van der Waals surface area contributed by atoms with Crippen molar-refractivity contribution in [1.29, 1.82) is 5.26 Å². The fourth-order valence-electron chi connectivity index (χ4n) is 2.09. The largest absolute Gasteiger partial charge is 0.380 e. The minimum atomic E-state index is -0.348. The lowest BCUT2D eigenvalue weighted by Crippen LogP contribution is -2.22. The molecule has 16 heavy (non-hydrogen) atoms. The van der Waals surface area contributed by atoms with Gasteiger partial charge in [-0.25, -0.2) is 4.39 Å². The lowest BCUT2D eigenvalue weighted by Gasteiger charge is -2.17. The Kier molecular flexibility index (Phi) is 3.31. The average Bonchev–Trinajstić information content (AvgIpc) is 2.69. The van der Waals surface area contributed by atoms with Crippen LogP contribution in [0.4, 0.5) is 10.1 Å². The van der Waals surface area contributed by atoms with Gasteiger partial charge in [-0.1, -0.05) is 11.6 Å². The van der Waals surface area contributed by atoms with Crippen molar-refractivity contribution in [2.75, 3.05) is 5.32 Å². The Morgan fingerprint density at radius 3 is 2.94 bits per heavy atom. The van der Waals surface area contributed by atoms with Gasteiger partial charge in [0.05, 0.1) is 22.7 Å². The molecule has 4 heteroatoms. The Hall–Kier alpha value is -1.27. The molecule has 2 atom stereocenters. The summed E-state index contributed by atoms with van der Waals surface area (Å²) in [6.45, 7) is 0. The van der Waals surface area contributed by atoms with E-state index in [1.165, 1.54) is 12.1 Å². The first-order valence-corrected chi connectivity index (χ1v) is 5.69. The molecule has 0 aromatic heterocycles. The highest BCUT2D eigenvalue weighted by atomic mass is 35.5. The van der Waals surface area contributed by atoms with E-state index in [1.807, 2.05) is 0 Å². The predicted molar refractivity (Wildman–Crippen MR) is 61.8 cm³/mol. The Balaban J connectivity index is 2.12. The van der Waals surface area contributed by atoms with E-state index in [-0.39, 0.29) is 17.8 Å². The maximum Gasteiger partial charge on any atom is 0.124 e. The van der Waals surface area contributed by atoms with Crippen molar-refractivity contribution < 1.29 is 4.39 Å². The lowest BCUT2D eigenvalue weighted by atomic mass is 10.1. The summed E-state index contributed by atoms with van der Waals surface area (Å²) < 4.78 is 12.8. The van der Waals surface area contributed by atoms with Crippen LogP contribution in [0.15, 0.2) is 18.2 Å². The summed E-state index contributed by atoms with van der Waals surface area (Å²) in [6, 6.07) is 6.68. The molecule has 1 aromatic carbocycles. The van der Waals surface area contributed by atoms with Crippen LogP contribution in [0.5, 0.6) is 0 Å². The van der Waals surface area contributed by atoms with Crippen LogP contribution in [-0.2, 0) is 0 Å². The molecule has 0 spiro atoms. The molecule has 84 valence electrons. The number of rotatable bonds is 2. The highest BCUT2D eigenvalue weighted by molar-refractivity contribution is 6.33. The summed E-state index contributed by atoms with van der Waals surface area (Å²) in [4.78, 5) is 0. The van der Waals surface area contributed by atoms with Crippen LogP contribution < -0.4 is 5.32 Å². The van der Waals surface area contributed by atoms with Gasteiger partial charge in [-0.3, -0.25) is 0 Å². The molecule has 1 N–H and O–H groups in total. The van der Waals surface area contributed by atoms with E-state index in [4.69, 9.17) is 16.9 Å². The molecule has 1 fully saturated rings. The molecule has 0 saturated heterocycles. The first-order valence-electron chi connectivity index (χ1n) is 5.32. The second-order valence-electron chi connectivity index (χ2n) is 4.04. The topological polar surface area (TPSA) is 35.8 Å². The number of nitriles is 1. The zero-order chi connectivity index (χ0) is 11.5. The van der Waals surface area contributed by atoms with Crippen molar-refractivity contribution in [3.63, 3.8) is 0 Å². The highest BCUT2D eigenvalue weighted by Crippen LogP contribution is 2.30. The van der Waals surface area contributed by atoms with Gasteiger partial charge >= 0.3 is 0 Å². The summed E-state index contributed by atoms with van der Waals surface area (Å²) >= 11 is 5.91. The van der Waals surface area contributed by atoms with Gasteiger partial charge in [-0.05, 0) is 37.5 Å². The standard InChI is InChI=1S/C12H12ClFN2/c13-10-6-9(14)4-5-12(10)16-11-3-1-2-8(11)7-15/h4-6,8,11,16H,1-3H2. The fraction of sp³-hybridized carbons (Fsp3) is 0.417. The Morgan fingerprint density at radius 1 is 1.44 bits per heavy atom. The first kappa shape index (κ1) is 11.2. The van der Waals surface area contributed by atoms with E-state index >= 15 is 0 Å². The summed E-state index contributed by atoms with van der Waals surface area (Å²) in [5, 5.41) is 12.5. The monoisotopic (exact) mass is 238 g/mol. The number of nitrogens with zero attached hydrogens (tertiary/aromatic N) is 1. The first-order chi connectivity index (χ1) is 7.70. The molecule has 0 aliphatic heterocycles. The molecule has 0 radical (unpaired) electrons. The minimum Gasteiger partial charge on any atom is -0.380 e. The predicted octanol–water partition coefficient (Wildman–Crippen LogP) is 3.58. The Bertz CT molecular complexity index is 428. The fourth-order valence-corrected chi connectivity index (χ4v) is 2.32. The zero-order valence-electron chi connectivity index (χ0n) is 8.71. The molecule has 1 aliphatic carbocycles. The molecule has 0 bridgehead atoms. The quantitative estimate of drug-likeness (QED) is 0.855. The van der Waals surface area contributed by atoms with Gasteiger partial charge in [-0.2, -0.15) is 5.26 Å². The molecule has 0 amide bonds. The lowest BCUT2D eigenvalue weighted by molar-refractivity contribution is 0.622. The van der Waals surface area contributed by atoms with Gasteiger partial charge < -0.3 is 5.32 Å². The maximum atomic E-state index is 12.8. The van der Waals surface area contributed by atoms with Crippen LogP contribution in [0.1, 0.15) is 19.3 Å². The molecule has 1 saturated carbocycles. The normalized spacial score (nSPS) is 24.1. The van der Waals surface area contributed by atoms with E-state index in [0.717, 1.165) is 19.3 Å². The molecule has 2 nitrogen and oxygen atoms in total.